The molecule has 0 amide bonds. The van der Waals surface area contributed by atoms with Gasteiger partial charge in [0, 0.05) is 31.9 Å². The quantitative estimate of drug-likeness (QED) is 0.323. The Morgan fingerprint density at radius 2 is 1.77 bits per heavy atom. The fourth-order valence-corrected chi connectivity index (χ4v) is 5.02. The summed E-state index contributed by atoms with van der Waals surface area (Å²) < 4.78 is 27.9. The minimum absolute atomic E-state index is 0. The molecule has 1 aliphatic rings. The molecule has 2 aromatic carbocycles. The van der Waals surface area contributed by atoms with Crippen LogP contribution < -0.4 is 11.1 Å². The molecule has 2 aromatic rings. The van der Waals surface area contributed by atoms with Crippen LogP contribution in [0.5, 0.6) is 0 Å². The molecule has 0 spiro atoms. The highest BCUT2D eigenvalue weighted by Gasteiger charge is 2.29. The van der Waals surface area contributed by atoms with Gasteiger partial charge in [-0.25, -0.2) is 13.4 Å². The largest absolute Gasteiger partial charge is 0.370 e. The van der Waals surface area contributed by atoms with Crippen LogP contribution in [0.1, 0.15) is 30.9 Å². The molecule has 170 valence electrons. The molecule has 3 rings (SSSR count). The minimum atomic E-state index is -3.56. The number of nitrogens with two attached hydrogens (primary N) is 1. The average molecular weight is 558 g/mol. The van der Waals surface area contributed by atoms with Crippen LogP contribution in [-0.2, 0) is 16.6 Å². The lowest BCUT2D eigenvalue weighted by molar-refractivity contribution is 0.222. The molecule has 1 aliphatic heterocycles. The van der Waals surface area contributed by atoms with Crippen molar-refractivity contribution in [3.63, 3.8) is 0 Å². The Bertz CT molecular complexity index is 1000. The maximum absolute atomic E-state index is 13.2. The zero-order valence-electron chi connectivity index (χ0n) is 18.3. The molecule has 31 heavy (non-hydrogen) atoms. The van der Waals surface area contributed by atoms with Gasteiger partial charge in [-0.05, 0) is 42.3 Å². The fraction of sp³-hybridized carbons (Fsp3) is 0.409. The van der Waals surface area contributed by atoms with Gasteiger partial charge in [0.05, 0.1) is 11.4 Å². The van der Waals surface area contributed by atoms with E-state index in [4.69, 9.17) is 5.73 Å². The fourth-order valence-electron chi connectivity index (χ4n) is 3.39. The zero-order valence-corrected chi connectivity index (χ0v) is 21.4. The molecule has 0 aromatic heterocycles. The number of aliphatic imine (C=N–C) groups is 1. The molecule has 1 heterocycles. The number of halogens is 1. The van der Waals surface area contributed by atoms with Gasteiger partial charge in [0.2, 0.25) is 10.0 Å². The van der Waals surface area contributed by atoms with Gasteiger partial charge in [0.15, 0.2) is 5.96 Å². The summed E-state index contributed by atoms with van der Waals surface area (Å²) in [5.74, 6) is 0.666. The van der Waals surface area contributed by atoms with Crippen LogP contribution in [-0.4, -0.2) is 56.8 Å². The van der Waals surface area contributed by atoms with Crippen molar-refractivity contribution in [1.29, 1.82) is 0 Å². The lowest BCUT2D eigenvalue weighted by Gasteiger charge is -2.32. The normalized spacial score (nSPS) is 16.2. The van der Waals surface area contributed by atoms with Crippen molar-refractivity contribution < 1.29 is 8.42 Å². The van der Waals surface area contributed by atoms with Crippen molar-refractivity contribution >= 4 is 45.6 Å². The van der Waals surface area contributed by atoms with Crippen LogP contribution in [0.2, 0.25) is 0 Å². The van der Waals surface area contributed by atoms with Crippen LogP contribution in [0.4, 0.5) is 5.69 Å². The molecular formula is C22H32IN5O2S. The third-order valence-electron chi connectivity index (χ3n) is 5.30. The van der Waals surface area contributed by atoms with E-state index in [1.807, 2.05) is 31.3 Å². The number of piperazine rings is 1. The van der Waals surface area contributed by atoms with E-state index in [1.165, 1.54) is 5.56 Å². The van der Waals surface area contributed by atoms with E-state index < -0.39 is 10.0 Å². The first-order valence-electron chi connectivity index (χ1n) is 10.2. The molecule has 1 saturated heterocycles. The number of hydrogen-bond donors (Lipinski definition) is 2. The molecule has 0 bridgehead atoms. The number of guanidine groups is 1. The highest BCUT2D eigenvalue weighted by atomic mass is 127. The maximum atomic E-state index is 13.2. The second kappa shape index (κ2) is 11.3. The molecule has 3 N–H and O–H groups in total. The minimum Gasteiger partial charge on any atom is -0.370 e. The van der Waals surface area contributed by atoms with E-state index in [9.17, 15) is 8.42 Å². The summed E-state index contributed by atoms with van der Waals surface area (Å²) in [6.45, 7) is 6.89. The number of nitrogens with one attached hydrogen (secondary N) is 1. The number of likely N-dealkylation sites (N-methyl/N-ethyl adjacent to an activating group) is 1. The van der Waals surface area contributed by atoms with Gasteiger partial charge in [0.1, 0.15) is 0 Å². The van der Waals surface area contributed by atoms with Gasteiger partial charge in [0.25, 0.3) is 0 Å². The van der Waals surface area contributed by atoms with Gasteiger partial charge in [-0.3, -0.25) is 0 Å². The van der Waals surface area contributed by atoms with Gasteiger partial charge in [-0.2, -0.15) is 4.31 Å². The maximum Gasteiger partial charge on any atom is 0.243 e. The topological polar surface area (TPSA) is 91.0 Å². The van der Waals surface area contributed by atoms with Crippen molar-refractivity contribution in [3.05, 3.63) is 59.7 Å². The highest BCUT2D eigenvalue weighted by molar-refractivity contribution is 14.0. The van der Waals surface area contributed by atoms with Crippen molar-refractivity contribution in [3.8, 4) is 0 Å². The number of anilines is 1. The van der Waals surface area contributed by atoms with Gasteiger partial charge in [-0.15, -0.1) is 24.0 Å². The Balaban J connectivity index is 0.00000341. The van der Waals surface area contributed by atoms with E-state index in [2.05, 4.69) is 35.1 Å². The van der Waals surface area contributed by atoms with E-state index >= 15 is 0 Å². The van der Waals surface area contributed by atoms with E-state index in [-0.39, 0.29) is 36.5 Å². The summed E-state index contributed by atoms with van der Waals surface area (Å²) in [4.78, 5) is 6.81. The van der Waals surface area contributed by atoms with Gasteiger partial charge >= 0.3 is 0 Å². The molecule has 1 fully saturated rings. The lowest BCUT2D eigenvalue weighted by Crippen LogP contribution is -2.47. The predicted molar refractivity (Wildman–Crippen MR) is 138 cm³/mol. The lowest BCUT2D eigenvalue weighted by atomic mass is 10.0. The predicted octanol–water partition coefficient (Wildman–Crippen LogP) is 3.29. The Morgan fingerprint density at radius 1 is 1.10 bits per heavy atom. The molecule has 0 atom stereocenters. The molecular weight excluding hydrogens is 525 g/mol. The Labute approximate surface area is 202 Å². The molecule has 0 radical (unpaired) electrons. The van der Waals surface area contributed by atoms with Crippen molar-refractivity contribution in [1.82, 2.24) is 9.21 Å². The smallest absolute Gasteiger partial charge is 0.243 e. The Hall–Kier alpha value is -1.69. The van der Waals surface area contributed by atoms with Crippen LogP contribution in [0.25, 0.3) is 0 Å². The number of hydrogen-bond acceptors (Lipinski definition) is 4. The van der Waals surface area contributed by atoms with Crippen LogP contribution in [0, 0.1) is 0 Å². The molecule has 0 unspecified atom stereocenters. The van der Waals surface area contributed by atoms with Crippen molar-refractivity contribution in [2.75, 3.05) is 38.5 Å². The summed E-state index contributed by atoms with van der Waals surface area (Å²) in [6.07, 6.45) is 0. The molecule has 7 nitrogen and oxygen atoms in total. The first kappa shape index (κ1) is 25.6. The Morgan fingerprint density at radius 3 is 2.45 bits per heavy atom. The average Bonchev–Trinajstić information content (AvgIpc) is 2.73. The summed E-state index contributed by atoms with van der Waals surface area (Å²) in [5.41, 5.74) is 8.77. The third kappa shape index (κ3) is 6.64. The zero-order chi connectivity index (χ0) is 21.7. The molecule has 0 aliphatic carbocycles. The first-order valence-corrected chi connectivity index (χ1v) is 11.6. The number of rotatable bonds is 6. The number of benzene rings is 2. The third-order valence-corrected chi connectivity index (χ3v) is 7.30. The number of sulfonamides is 1. The Kier molecular flexibility index (Phi) is 9.28. The summed E-state index contributed by atoms with van der Waals surface area (Å²) in [5, 5.41) is 3.10. The second-order valence-electron chi connectivity index (χ2n) is 7.92. The second-order valence-corrected chi connectivity index (χ2v) is 9.83. The molecule has 9 heteroatoms. The van der Waals surface area contributed by atoms with E-state index in [0.717, 1.165) is 18.8 Å². The summed E-state index contributed by atoms with van der Waals surface area (Å²) in [7, 11) is -1.56. The van der Waals surface area contributed by atoms with Crippen LogP contribution in [0.15, 0.2) is 58.4 Å². The SMILES string of the molecule is CC(C)c1cccc(NC(N)=NCc2ccccc2S(=O)(=O)N2CCN(C)CC2)c1.I. The summed E-state index contributed by atoms with van der Waals surface area (Å²) in [6, 6.07) is 15.0. The monoisotopic (exact) mass is 557 g/mol. The van der Waals surface area contributed by atoms with Gasteiger partial charge in [-0.1, -0.05) is 44.2 Å². The standard InChI is InChI=1S/C22H31N5O2S.HI/c1-17(2)18-8-6-9-20(15-18)25-22(23)24-16-19-7-4-5-10-21(19)30(28,29)27-13-11-26(3)12-14-27;/h4-10,15,17H,11-14,16H2,1-3H3,(H3,23,24,25);1H. The first-order chi connectivity index (χ1) is 14.3. The van der Waals surface area contributed by atoms with E-state index in [1.54, 1.807) is 22.5 Å². The molecule has 0 saturated carbocycles. The highest BCUT2D eigenvalue weighted by Crippen LogP contribution is 2.22. The number of nitrogens with zero attached hydrogens (tertiary/aromatic N) is 3. The van der Waals surface area contributed by atoms with Gasteiger partial charge < -0.3 is 16.0 Å². The van der Waals surface area contributed by atoms with Crippen LogP contribution >= 0.6 is 24.0 Å². The van der Waals surface area contributed by atoms with Crippen molar-refractivity contribution in [2.24, 2.45) is 10.7 Å². The van der Waals surface area contributed by atoms with Crippen LogP contribution in [0.3, 0.4) is 0 Å². The van der Waals surface area contributed by atoms with Crippen molar-refractivity contribution in [2.45, 2.75) is 31.2 Å². The van der Waals surface area contributed by atoms with E-state index in [0.29, 0.717) is 29.5 Å². The summed E-state index contributed by atoms with van der Waals surface area (Å²) >= 11 is 0.